The van der Waals surface area contributed by atoms with E-state index in [2.05, 4.69) is 150 Å². The predicted octanol–water partition coefficient (Wildman–Crippen LogP) is 14.4. The summed E-state index contributed by atoms with van der Waals surface area (Å²) in [5.41, 5.74) is 9.04. The van der Waals surface area contributed by atoms with Gasteiger partial charge in [0, 0.05) is 63.1 Å². The van der Waals surface area contributed by atoms with Crippen molar-refractivity contribution in [2.24, 2.45) is 0 Å². The van der Waals surface area contributed by atoms with Crippen LogP contribution in [0.25, 0.3) is 113 Å². The van der Waals surface area contributed by atoms with Crippen LogP contribution in [-0.2, 0) is 0 Å². The van der Waals surface area contributed by atoms with Crippen molar-refractivity contribution >= 4 is 84.8 Å². The molecule has 0 radical (unpaired) electrons. The molecular formula is C51H30N4S2. The van der Waals surface area contributed by atoms with Crippen LogP contribution >= 0.6 is 22.7 Å². The fourth-order valence-corrected chi connectivity index (χ4v) is 11.0. The lowest BCUT2D eigenvalue weighted by Gasteiger charge is -2.09. The van der Waals surface area contributed by atoms with Gasteiger partial charge in [-0.15, -0.1) is 22.7 Å². The number of thiophene rings is 2. The van der Waals surface area contributed by atoms with Crippen LogP contribution in [0.5, 0.6) is 0 Å². The highest BCUT2D eigenvalue weighted by atomic mass is 32.1. The summed E-state index contributed by atoms with van der Waals surface area (Å²) >= 11 is 3.69. The van der Waals surface area contributed by atoms with Crippen LogP contribution in [0, 0.1) is 0 Å². The Kier molecular flexibility index (Phi) is 7.24. The molecular weight excluding hydrogens is 733 g/mol. The van der Waals surface area contributed by atoms with Crippen molar-refractivity contribution in [1.29, 1.82) is 0 Å². The summed E-state index contributed by atoms with van der Waals surface area (Å²) in [5.74, 6) is 2.00. The Morgan fingerprint density at radius 1 is 0.351 bits per heavy atom. The third-order valence-electron chi connectivity index (χ3n) is 11.1. The Hall–Kier alpha value is -6.99. The van der Waals surface area contributed by atoms with Crippen molar-refractivity contribution in [3.63, 3.8) is 0 Å². The third-order valence-corrected chi connectivity index (χ3v) is 13.5. The van der Waals surface area contributed by atoms with Crippen LogP contribution in [-0.4, -0.2) is 19.5 Å². The SMILES string of the molecule is c1ccc(-c2nc(-c3ccccc3)nc(-c3cccc4c3sc3cccc(-c5ccc6c(c5)sc5c(-n7c8ccccc8c8ccccc87)cccc56)c34)n2)cc1. The highest BCUT2D eigenvalue weighted by Crippen LogP contribution is 2.46. The zero-order valence-corrected chi connectivity index (χ0v) is 32.1. The van der Waals surface area contributed by atoms with Gasteiger partial charge in [-0.1, -0.05) is 146 Å². The van der Waals surface area contributed by atoms with Crippen molar-refractivity contribution < 1.29 is 0 Å². The van der Waals surface area contributed by atoms with Gasteiger partial charge >= 0.3 is 0 Å². The minimum absolute atomic E-state index is 0.663. The van der Waals surface area contributed by atoms with Crippen LogP contribution in [0.2, 0.25) is 0 Å². The van der Waals surface area contributed by atoms with Gasteiger partial charge in [0.15, 0.2) is 17.5 Å². The maximum absolute atomic E-state index is 5.10. The lowest BCUT2D eigenvalue weighted by Crippen LogP contribution is -2.00. The zero-order chi connectivity index (χ0) is 37.5. The van der Waals surface area contributed by atoms with Crippen molar-refractivity contribution in [2.75, 3.05) is 0 Å². The molecule has 6 heteroatoms. The maximum Gasteiger partial charge on any atom is 0.165 e. The number of para-hydroxylation sites is 2. The fourth-order valence-electron chi connectivity index (χ4n) is 8.50. The molecule has 0 aliphatic heterocycles. The quantitative estimate of drug-likeness (QED) is 0.175. The fraction of sp³-hybridized carbons (Fsp3) is 0. The molecule has 0 aliphatic rings. The van der Waals surface area contributed by atoms with Gasteiger partial charge in [-0.05, 0) is 47.5 Å². The number of aromatic nitrogens is 4. The number of benzene rings is 8. The first kappa shape index (κ1) is 32.3. The summed E-state index contributed by atoms with van der Waals surface area (Å²) in [6.07, 6.45) is 0. The summed E-state index contributed by atoms with van der Waals surface area (Å²) in [6, 6.07) is 64.8. The van der Waals surface area contributed by atoms with Gasteiger partial charge in [0.05, 0.1) is 21.4 Å². The van der Waals surface area contributed by atoms with Gasteiger partial charge in [-0.25, -0.2) is 15.0 Å². The Morgan fingerprint density at radius 3 is 1.63 bits per heavy atom. The van der Waals surface area contributed by atoms with E-state index in [0.717, 1.165) is 16.7 Å². The highest BCUT2D eigenvalue weighted by molar-refractivity contribution is 7.26. The van der Waals surface area contributed by atoms with E-state index in [1.165, 1.54) is 79.0 Å². The minimum atomic E-state index is 0.663. The van der Waals surface area contributed by atoms with E-state index in [-0.39, 0.29) is 0 Å². The van der Waals surface area contributed by atoms with E-state index in [1.807, 2.05) is 47.7 Å². The predicted molar refractivity (Wildman–Crippen MR) is 242 cm³/mol. The van der Waals surface area contributed by atoms with Crippen LogP contribution in [0.4, 0.5) is 0 Å². The average Bonchev–Trinajstić information content (AvgIpc) is 3.96. The van der Waals surface area contributed by atoms with Crippen LogP contribution in [0.3, 0.4) is 0 Å². The molecule has 4 aromatic heterocycles. The summed E-state index contributed by atoms with van der Waals surface area (Å²) in [7, 11) is 0. The number of hydrogen-bond donors (Lipinski definition) is 0. The van der Waals surface area contributed by atoms with Gasteiger partial charge < -0.3 is 4.57 Å². The van der Waals surface area contributed by atoms with Gasteiger partial charge in [0.2, 0.25) is 0 Å². The molecule has 0 fully saturated rings. The summed E-state index contributed by atoms with van der Waals surface area (Å²) < 4.78 is 7.42. The number of nitrogens with zero attached hydrogens (tertiary/aromatic N) is 4. The van der Waals surface area contributed by atoms with Gasteiger partial charge in [-0.2, -0.15) is 0 Å². The van der Waals surface area contributed by atoms with Crippen molar-refractivity contribution in [3.05, 3.63) is 182 Å². The molecule has 0 unspecified atom stereocenters. The molecule has 0 saturated carbocycles. The summed E-state index contributed by atoms with van der Waals surface area (Å²) in [4.78, 5) is 15.1. The first-order valence-corrected chi connectivity index (χ1v) is 20.7. The first-order chi connectivity index (χ1) is 28.3. The highest BCUT2D eigenvalue weighted by Gasteiger charge is 2.20. The summed E-state index contributed by atoms with van der Waals surface area (Å²) in [6.45, 7) is 0. The van der Waals surface area contributed by atoms with Gasteiger partial charge in [0.1, 0.15) is 0 Å². The van der Waals surface area contributed by atoms with Crippen molar-refractivity contribution in [1.82, 2.24) is 19.5 Å². The average molecular weight is 763 g/mol. The number of fused-ring (bicyclic) bond motifs is 9. The molecule has 12 aromatic rings. The Balaban J connectivity index is 1.03. The second-order valence-electron chi connectivity index (χ2n) is 14.3. The molecule has 0 N–H and O–H groups in total. The molecule has 0 saturated heterocycles. The Labute approximate surface area is 335 Å². The number of rotatable bonds is 5. The smallest absolute Gasteiger partial charge is 0.165 e. The van der Waals surface area contributed by atoms with Crippen molar-refractivity contribution in [3.8, 4) is 51.0 Å². The largest absolute Gasteiger partial charge is 0.308 e. The van der Waals surface area contributed by atoms with Gasteiger partial charge in [-0.3, -0.25) is 0 Å². The van der Waals surface area contributed by atoms with Crippen LogP contribution < -0.4 is 0 Å². The van der Waals surface area contributed by atoms with E-state index in [4.69, 9.17) is 15.0 Å². The Bertz CT molecular complexity index is 3410. The Morgan fingerprint density at radius 2 is 0.912 bits per heavy atom. The maximum atomic E-state index is 5.10. The second kappa shape index (κ2) is 12.8. The molecule has 266 valence electrons. The lowest BCUT2D eigenvalue weighted by molar-refractivity contribution is 1.08. The van der Waals surface area contributed by atoms with Crippen LogP contribution in [0.1, 0.15) is 0 Å². The molecule has 0 aliphatic carbocycles. The minimum Gasteiger partial charge on any atom is -0.308 e. The first-order valence-electron chi connectivity index (χ1n) is 19.0. The van der Waals surface area contributed by atoms with E-state index < -0.39 is 0 Å². The third kappa shape index (κ3) is 5.08. The van der Waals surface area contributed by atoms with E-state index >= 15 is 0 Å². The molecule has 0 spiro atoms. The zero-order valence-electron chi connectivity index (χ0n) is 30.4. The molecule has 8 aromatic carbocycles. The standard InChI is InChI=1S/C51H30N4S2/c1-3-14-31(15-4-1)49-52-50(32-16-5-2-6-17-32)54-51(53-49)40-23-11-22-39-46-34(20-13-27-44(46)56-47(39)40)33-28-29-37-38-21-12-26-43(48(38)57-45(37)30-33)55-41-24-9-7-18-35(41)36-19-8-10-25-42(36)55/h1-30H. The molecule has 57 heavy (non-hydrogen) atoms. The number of hydrogen-bond acceptors (Lipinski definition) is 5. The van der Waals surface area contributed by atoms with E-state index in [9.17, 15) is 0 Å². The van der Waals surface area contributed by atoms with E-state index in [1.54, 1.807) is 11.3 Å². The molecule has 0 amide bonds. The molecule has 4 heterocycles. The van der Waals surface area contributed by atoms with Crippen LogP contribution in [0.15, 0.2) is 182 Å². The normalized spacial score (nSPS) is 11.9. The monoisotopic (exact) mass is 762 g/mol. The van der Waals surface area contributed by atoms with E-state index in [0.29, 0.717) is 17.5 Å². The topological polar surface area (TPSA) is 43.6 Å². The van der Waals surface area contributed by atoms with Crippen molar-refractivity contribution in [2.45, 2.75) is 0 Å². The molecule has 0 atom stereocenters. The summed E-state index contributed by atoms with van der Waals surface area (Å²) in [5, 5.41) is 7.58. The second-order valence-corrected chi connectivity index (χ2v) is 16.4. The molecule has 4 nitrogen and oxygen atoms in total. The molecule has 0 bridgehead atoms. The lowest BCUT2D eigenvalue weighted by atomic mass is 9.98. The molecule has 12 rings (SSSR count). The van der Waals surface area contributed by atoms with Gasteiger partial charge in [0.25, 0.3) is 0 Å².